The van der Waals surface area contributed by atoms with Crippen LogP contribution in [-0.2, 0) is 33.1 Å². The van der Waals surface area contributed by atoms with Gasteiger partial charge in [-0.2, -0.15) is 5.10 Å². The van der Waals surface area contributed by atoms with Crippen LogP contribution in [0.1, 0.15) is 32.9 Å². The molecule has 0 radical (unpaired) electrons. The van der Waals surface area contributed by atoms with Crippen LogP contribution in [0.2, 0.25) is 0 Å². The molecule has 2 N–H and O–H groups in total. The predicted octanol–water partition coefficient (Wildman–Crippen LogP) is 3.39. The number of H-pyrrole nitrogens is 1. The van der Waals surface area contributed by atoms with E-state index >= 15 is 0 Å². The number of carbonyl (C=O) groups is 1. The molecule has 2 aromatic carbocycles. The zero-order chi connectivity index (χ0) is 20.5. The quantitative estimate of drug-likeness (QED) is 0.541. The number of carbonyl (C=O) groups excluding carboxylic acids is 1. The van der Waals surface area contributed by atoms with Crippen LogP contribution >= 0.6 is 0 Å². The van der Waals surface area contributed by atoms with Gasteiger partial charge in [0.1, 0.15) is 5.69 Å². The van der Waals surface area contributed by atoms with Crippen molar-refractivity contribution < 1.29 is 4.79 Å². The van der Waals surface area contributed by atoms with Crippen LogP contribution in [0.25, 0.3) is 10.9 Å². The number of para-hydroxylation sites is 1. The molecule has 0 aliphatic carbocycles. The van der Waals surface area contributed by atoms with E-state index in [2.05, 4.69) is 44.7 Å². The van der Waals surface area contributed by atoms with Crippen LogP contribution in [-0.4, -0.2) is 32.1 Å². The minimum absolute atomic E-state index is 0.0657. The van der Waals surface area contributed by atoms with Gasteiger partial charge in [-0.05, 0) is 17.2 Å². The first kappa shape index (κ1) is 18.6. The number of aromatic nitrogens is 3. The van der Waals surface area contributed by atoms with Gasteiger partial charge in [-0.15, -0.1) is 0 Å². The molecule has 0 saturated carbocycles. The average molecular weight is 399 g/mol. The minimum atomic E-state index is -0.0657. The van der Waals surface area contributed by atoms with E-state index in [1.54, 1.807) is 4.68 Å². The van der Waals surface area contributed by atoms with Crippen molar-refractivity contribution in [2.75, 3.05) is 6.54 Å². The highest BCUT2D eigenvalue weighted by Gasteiger charge is 2.27. The summed E-state index contributed by atoms with van der Waals surface area (Å²) in [5.41, 5.74) is 6.29. The van der Waals surface area contributed by atoms with Crippen molar-refractivity contribution in [3.8, 4) is 0 Å². The summed E-state index contributed by atoms with van der Waals surface area (Å²) in [5.74, 6) is -0.0657. The van der Waals surface area contributed by atoms with Gasteiger partial charge in [0.15, 0.2) is 0 Å². The number of rotatable bonds is 5. The first-order valence-electron chi connectivity index (χ1n) is 10.3. The van der Waals surface area contributed by atoms with Crippen molar-refractivity contribution in [3.63, 3.8) is 0 Å². The van der Waals surface area contributed by atoms with Crippen LogP contribution in [0.3, 0.4) is 0 Å². The molecule has 0 saturated heterocycles. The summed E-state index contributed by atoms with van der Waals surface area (Å²) in [7, 11) is 1.86. The van der Waals surface area contributed by atoms with Gasteiger partial charge >= 0.3 is 0 Å². The van der Waals surface area contributed by atoms with Crippen LogP contribution in [0.4, 0.5) is 0 Å². The Balaban J connectivity index is 1.34. The second-order valence-electron chi connectivity index (χ2n) is 7.89. The summed E-state index contributed by atoms with van der Waals surface area (Å²) in [6.07, 6.45) is 2.95. The Morgan fingerprint density at radius 2 is 1.93 bits per heavy atom. The normalized spacial score (nSPS) is 14.0. The molecule has 1 aliphatic rings. The second-order valence-corrected chi connectivity index (χ2v) is 7.89. The molecule has 1 aliphatic heterocycles. The Kier molecular flexibility index (Phi) is 4.85. The summed E-state index contributed by atoms with van der Waals surface area (Å²) in [6.45, 7) is 3.04. The lowest BCUT2D eigenvalue weighted by molar-refractivity contribution is 0.0939. The first-order chi connectivity index (χ1) is 14.7. The number of benzene rings is 2. The fourth-order valence-electron chi connectivity index (χ4n) is 4.34. The number of hydrogen-bond donors (Lipinski definition) is 2. The molecule has 0 unspecified atom stereocenters. The third-order valence-corrected chi connectivity index (χ3v) is 5.85. The topological polar surface area (TPSA) is 66.0 Å². The van der Waals surface area contributed by atoms with Crippen molar-refractivity contribution in [2.24, 2.45) is 7.05 Å². The molecular formula is C24H25N5O. The lowest BCUT2D eigenvalue weighted by Gasteiger charge is -2.26. The van der Waals surface area contributed by atoms with Crippen molar-refractivity contribution >= 4 is 16.8 Å². The van der Waals surface area contributed by atoms with Crippen molar-refractivity contribution in [2.45, 2.75) is 26.1 Å². The minimum Gasteiger partial charge on any atom is -0.361 e. The Hall–Kier alpha value is -3.38. The summed E-state index contributed by atoms with van der Waals surface area (Å²) in [4.78, 5) is 18.7. The molecule has 1 amide bonds. The number of fused-ring (bicyclic) bond motifs is 2. The fourth-order valence-corrected chi connectivity index (χ4v) is 4.34. The number of nitrogens with one attached hydrogen (secondary N) is 2. The number of nitrogens with zero attached hydrogens (tertiary/aromatic N) is 3. The maximum absolute atomic E-state index is 13.0. The van der Waals surface area contributed by atoms with Crippen LogP contribution in [0, 0.1) is 0 Å². The van der Waals surface area contributed by atoms with E-state index in [4.69, 9.17) is 0 Å². The molecule has 5 rings (SSSR count). The molecule has 0 atom stereocenters. The maximum atomic E-state index is 13.0. The molecule has 6 heteroatoms. The highest BCUT2D eigenvalue weighted by atomic mass is 16.2. The summed E-state index contributed by atoms with van der Waals surface area (Å²) < 4.78 is 1.74. The average Bonchev–Trinajstić information content (AvgIpc) is 3.33. The standard InChI is InChI=1S/C24H25N5O/c1-28-23(24(30)26-13-17-7-3-2-4-8-17)20-16-29(12-11-22(20)27-28)15-18-14-25-21-10-6-5-9-19(18)21/h2-10,14,25H,11-13,15-16H2,1H3,(H,26,30). The SMILES string of the molecule is Cn1nc2c(c1C(=O)NCc1ccccc1)CN(Cc1c[nH]c3ccccc13)CC2. The van der Waals surface area contributed by atoms with E-state index < -0.39 is 0 Å². The van der Waals surface area contributed by atoms with Crippen molar-refractivity contribution in [1.82, 2.24) is 25.0 Å². The molecule has 0 bridgehead atoms. The van der Waals surface area contributed by atoms with E-state index in [0.29, 0.717) is 12.2 Å². The Morgan fingerprint density at radius 3 is 2.80 bits per heavy atom. The van der Waals surface area contributed by atoms with Gasteiger partial charge in [0.2, 0.25) is 0 Å². The van der Waals surface area contributed by atoms with Crippen molar-refractivity contribution in [1.29, 1.82) is 0 Å². The third kappa shape index (κ3) is 3.50. The molecule has 0 spiro atoms. The van der Waals surface area contributed by atoms with E-state index in [0.717, 1.165) is 48.4 Å². The largest absolute Gasteiger partial charge is 0.361 e. The van der Waals surface area contributed by atoms with Gasteiger partial charge in [-0.3, -0.25) is 14.4 Å². The lowest BCUT2D eigenvalue weighted by atomic mass is 10.0. The highest BCUT2D eigenvalue weighted by molar-refractivity contribution is 5.94. The monoisotopic (exact) mass is 399 g/mol. The Bertz CT molecular complexity index is 1190. The van der Waals surface area contributed by atoms with E-state index in [1.165, 1.54) is 10.9 Å². The van der Waals surface area contributed by atoms with Crippen LogP contribution < -0.4 is 5.32 Å². The van der Waals surface area contributed by atoms with Crippen LogP contribution in [0.5, 0.6) is 0 Å². The first-order valence-corrected chi connectivity index (χ1v) is 10.3. The molecule has 152 valence electrons. The van der Waals surface area contributed by atoms with Gasteiger partial charge in [0.05, 0.1) is 5.69 Å². The number of amides is 1. The van der Waals surface area contributed by atoms with E-state index in [1.807, 2.05) is 43.4 Å². The molecule has 0 fully saturated rings. The molecule has 3 heterocycles. The number of hydrogen-bond acceptors (Lipinski definition) is 3. The van der Waals surface area contributed by atoms with Gasteiger partial charge in [-0.1, -0.05) is 48.5 Å². The molecule has 30 heavy (non-hydrogen) atoms. The van der Waals surface area contributed by atoms with E-state index in [9.17, 15) is 4.79 Å². The molecular weight excluding hydrogens is 374 g/mol. The van der Waals surface area contributed by atoms with Gasteiger partial charge < -0.3 is 10.3 Å². The fraction of sp³-hybridized carbons (Fsp3) is 0.250. The zero-order valence-corrected chi connectivity index (χ0v) is 17.1. The van der Waals surface area contributed by atoms with Gasteiger partial charge in [0, 0.05) is 62.3 Å². The van der Waals surface area contributed by atoms with E-state index in [-0.39, 0.29) is 5.91 Å². The highest BCUT2D eigenvalue weighted by Crippen LogP contribution is 2.25. The predicted molar refractivity (Wildman–Crippen MR) is 117 cm³/mol. The second kappa shape index (κ2) is 7.80. The zero-order valence-electron chi connectivity index (χ0n) is 17.1. The van der Waals surface area contributed by atoms with Crippen LogP contribution in [0.15, 0.2) is 60.8 Å². The smallest absolute Gasteiger partial charge is 0.270 e. The van der Waals surface area contributed by atoms with Gasteiger partial charge in [-0.25, -0.2) is 0 Å². The third-order valence-electron chi connectivity index (χ3n) is 5.85. The summed E-state index contributed by atoms with van der Waals surface area (Å²) in [5, 5.41) is 8.94. The van der Waals surface area contributed by atoms with Crippen molar-refractivity contribution in [3.05, 3.63) is 88.9 Å². The number of aryl methyl sites for hydroxylation is 1. The lowest BCUT2D eigenvalue weighted by Crippen LogP contribution is -2.32. The molecule has 2 aromatic heterocycles. The Morgan fingerprint density at radius 1 is 1.13 bits per heavy atom. The summed E-state index contributed by atoms with van der Waals surface area (Å²) >= 11 is 0. The summed E-state index contributed by atoms with van der Waals surface area (Å²) in [6, 6.07) is 18.4. The van der Waals surface area contributed by atoms with Gasteiger partial charge in [0.25, 0.3) is 5.91 Å². The molecule has 4 aromatic rings. The maximum Gasteiger partial charge on any atom is 0.270 e. The molecule has 6 nitrogen and oxygen atoms in total. The number of aromatic amines is 1. The Labute approximate surface area is 175 Å².